The molecular weight excluding hydrogens is 381 g/mol. The highest BCUT2D eigenvalue weighted by atomic mass is 32.2. The fraction of sp³-hybridized carbons (Fsp3) is 0.278. The highest BCUT2D eigenvalue weighted by Gasteiger charge is 2.30. The van der Waals surface area contributed by atoms with E-state index < -0.39 is 27.7 Å². The molecule has 1 N–H and O–H groups in total. The second-order valence-corrected chi connectivity index (χ2v) is 7.65. The Labute approximate surface area is 155 Å². The van der Waals surface area contributed by atoms with Crippen molar-refractivity contribution in [3.05, 3.63) is 65.2 Å². The number of carbonyl (C=O) groups is 1. The van der Waals surface area contributed by atoms with Crippen molar-refractivity contribution in [3.63, 3.8) is 0 Å². The lowest BCUT2D eigenvalue weighted by atomic mass is 10.1. The first-order chi connectivity index (χ1) is 12.5. The van der Waals surface area contributed by atoms with Crippen LogP contribution in [0.2, 0.25) is 0 Å². The summed E-state index contributed by atoms with van der Waals surface area (Å²) in [7, 11) is -2.21. The normalized spacial score (nSPS) is 12.0. The third-order valence-corrected chi connectivity index (χ3v) is 5.32. The topological polar surface area (TPSA) is 66.5 Å². The minimum absolute atomic E-state index is 0.0295. The molecule has 0 saturated carbocycles. The molecule has 2 aromatic rings. The van der Waals surface area contributed by atoms with Gasteiger partial charge in [0.25, 0.3) is 5.91 Å². The van der Waals surface area contributed by atoms with Crippen molar-refractivity contribution in [2.75, 3.05) is 13.6 Å². The Hall–Kier alpha value is -2.39. The van der Waals surface area contributed by atoms with Gasteiger partial charge in [0.1, 0.15) is 0 Å². The summed E-state index contributed by atoms with van der Waals surface area (Å²) in [6.07, 6.45) is -4.42. The Morgan fingerprint density at radius 2 is 1.74 bits per heavy atom. The number of halogens is 3. The summed E-state index contributed by atoms with van der Waals surface area (Å²) in [5, 5.41) is 0. The van der Waals surface area contributed by atoms with Gasteiger partial charge in [-0.15, -0.1) is 0 Å². The number of alkyl halides is 3. The molecule has 0 aliphatic carbocycles. The van der Waals surface area contributed by atoms with Crippen molar-refractivity contribution in [1.82, 2.24) is 9.62 Å². The molecule has 2 aromatic carbocycles. The molecule has 0 aromatic heterocycles. The summed E-state index contributed by atoms with van der Waals surface area (Å²) in [5.41, 5.74) is -0.0692. The zero-order valence-electron chi connectivity index (χ0n) is 14.7. The summed E-state index contributed by atoms with van der Waals surface area (Å²) < 4.78 is 64.3. The Balaban J connectivity index is 2.16. The van der Waals surface area contributed by atoms with E-state index in [0.29, 0.717) is 5.56 Å². The monoisotopic (exact) mass is 400 g/mol. The van der Waals surface area contributed by atoms with Crippen LogP contribution >= 0.6 is 0 Å². The van der Waals surface area contributed by atoms with E-state index in [1.54, 1.807) is 6.92 Å². The minimum Gasteiger partial charge on any atom is -0.337 e. The van der Waals surface area contributed by atoms with Gasteiger partial charge in [-0.3, -0.25) is 4.79 Å². The fourth-order valence-corrected chi connectivity index (χ4v) is 3.52. The van der Waals surface area contributed by atoms with Gasteiger partial charge in [0.15, 0.2) is 0 Å². The number of amides is 1. The predicted octanol–water partition coefficient (Wildman–Crippen LogP) is 3.28. The number of rotatable bonds is 6. The Kier molecular flexibility index (Phi) is 6.27. The molecule has 0 aliphatic heterocycles. The Morgan fingerprint density at radius 3 is 2.30 bits per heavy atom. The number of hydrogen-bond acceptors (Lipinski definition) is 3. The van der Waals surface area contributed by atoms with Crippen molar-refractivity contribution in [2.45, 2.75) is 24.5 Å². The second kappa shape index (κ2) is 8.10. The van der Waals surface area contributed by atoms with Gasteiger partial charge in [-0.1, -0.05) is 25.1 Å². The number of nitrogens with zero attached hydrogens (tertiary/aromatic N) is 1. The van der Waals surface area contributed by atoms with E-state index in [-0.39, 0.29) is 23.5 Å². The molecule has 0 unspecified atom stereocenters. The van der Waals surface area contributed by atoms with Crippen LogP contribution in [0, 0.1) is 0 Å². The molecule has 0 fully saturated rings. The van der Waals surface area contributed by atoms with Crippen LogP contribution in [-0.4, -0.2) is 32.8 Å². The molecule has 0 heterocycles. The fourth-order valence-electron chi connectivity index (χ4n) is 2.43. The lowest BCUT2D eigenvalue weighted by Crippen LogP contribution is -2.27. The minimum atomic E-state index is -4.42. The molecule has 5 nitrogen and oxygen atoms in total. The van der Waals surface area contributed by atoms with E-state index in [0.717, 1.165) is 12.1 Å². The highest BCUT2D eigenvalue weighted by molar-refractivity contribution is 7.89. The van der Waals surface area contributed by atoms with Crippen molar-refractivity contribution in [3.8, 4) is 0 Å². The summed E-state index contributed by atoms with van der Waals surface area (Å²) in [6.45, 7) is 1.94. The van der Waals surface area contributed by atoms with E-state index in [9.17, 15) is 26.4 Å². The zero-order chi connectivity index (χ0) is 20.2. The number of sulfonamides is 1. The average Bonchev–Trinajstić information content (AvgIpc) is 2.61. The van der Waals surface area contributed by atoms with Crippen molar-refractivity contribution in [1.29, 1.82) is 0 Å². The Bertz CT molecular complexity index is 910. The molecule has 2 rings (SSSR count). The van der Waals surface area contributed by atoms with E-state index in [2.05, 4.69) is 4.72 Å². The van der Waals surface area contributed by atoms with Gasteiger partial charge in [-0.05, 0) is 35.9 Å². The maximum absolute atomic E-state index is 12.6. The summed E-state index contributed by atoms with van der Waals surface area (Å²) in [6, 6.07) is 10.1. The van der Waals surface area contributed by atoms with Gasteiger partial charge in [-0.25, -0.2) is 13.1 Å². The van der Waals surface area contributed by atoms with Gasteiger partial charge in [-0.2, -0.15) is 13.2 Å². The predicted molar refractivity (Wildman–Crippen MR) is 94.5 cm³/mol. The third kappa shape index (κ3) is 5.30. The summed E-state index contributed by atoms with van der Waals surface area (Å²) in [4.78, 5) is 13.8. The largest absolute Gasteiger partial charge is 0.416 e. The van der Waals surface area contributed by atoms with Gasteiger partial charge in [0, 0.05) is 25.7 Å². The standard InChI is InChI=1S/C18H19F3N2O3S/c1-3-22-27(25,26)16-6-4-5-14(11-16)17(24)23(2)12-13-7-9-15(10-8-13)18(19,20)21/h4-11,22H,3,12H2,1-2H3. The van der Waals surface area contributed by atoms with E-state index >= 15 is 0 Å². The van der Waals surface area contributed by atoms with Crippen LogP contribution in [0.5, 0.6) is 0 Å². The molecule has 0 atom stereocenters. The van der Waals surface area contributed by atoms with E-state index in [4.69, 9.17) is 0 Å². The lowest BCUT2D eigenvalue weighted by molar-refractivity contribution is -0.137. The zero-order valence-corrected chi connectivity index (χ0v) is 15.6. The number of benzene rings is 2. The first-order valence-corrected chi connectivity index (χ1v) is 9.54. The van der Waals surface area contributed by atoms with Gasteiger partial charge >= 0.3 is 6.18 Å². The number of hydrogen-bond donors (Lipinski definition) is 1. The summed E-state index contributed by atoms with van der Waals surface area (Å²) in [5.74, 6) is -0.441. The molecule has 0 bridgehead atoms. The van der Waals surface area contributed by atoms with Crippen LogP contribution in [-0.2, 0) is 22.7 Å². The molecule has 146 valence electrons. The van der Waals surface area contributed by atoms with E-state index in [1.807, 2.05) is 0 Å². The lowest BCUT2D eigenvalue weighted by Gasteiger charge is -2.18. The van der Waals surface area contributed by atoms with Crippen molar-refractivity contribution >= 4 is 15.9 Å². The SMILES string of the molecule is CCNS(=O)(=O)c1cccc(C(=O)N(C)Cc2ccc(C(F)(F)F)cc2)c1. The molecule has 0 radical (unpaired) electrons. The highest BCUT2D eigenvalue weighted by Crippen LogP contribution is 2.29. The van der Waals surface area contributed by atoms with Crippen molar-refractivity contribution < 1.29 is 26.4 Å². The molecule has 0 aliphatic rings. The number of nitrogens with one attached hydrogen (secondary N) is 1. The van der Waals surface area contributed by atoms with Crippen molar-refractivity contribution in [2.24, 2.45) is 0 Å². The van der Waals surface area contributed by atoms with Crippen LogP contribution in [0.3, 0.4) is 0 Å². The number of carbonyl (C=O) groups excluding carboxylic acids is 1. The third-order valence-electron chi connectivity index (χ3n) is 3.77. The van der Waals surface area contributed by atoms with Crippen LogP contribution < -0.4 is 4.72 Å². The first-order valence-electron chi connectivity index (χ1n) is 8.06. The van der Waals surface area contributed by atoms with Gasteiger partial charge in [0.2, 0.25) is 10.0 Å². The first kappa shape index (κ1) is 20.9. The average molecular weight is 400 g/mol. The van der Waals surface area contributed by atoms with Crippen LogP contribution in [0.4, 0.5) is 13.2 Å². The quantitative estimate of drug-likeness (QED) is 0.809. The molecule has 0 saturated heterocycles. The van der Waals surface area contributed by atoms with Gasteiger partial charge < -0.3 is 4.90 Å². The Morgan fingerprint density at radius 1 is 1.11 bits per heavy atom. The molecular formula is C18H19F3N2O3S. The molecule has 9 heteroatoms. The smallest absolute Gasteiger partial charge is 0.337 e. The molecule has 0 spiro atoms. The maximum atomic E-state index is 12.6. The second-order valence-electron chi connectivity index (χ2n) is 5.89. The van der Waals surface area contributed by atoms with Gasteiger partial charge in [0.05, 0.1) is 10.5 Å². The molecule has 27 heavy (non-hydrogen) atoms. The van der Waals surface area contributed by atoms with Crippen LogP contribution in [0.15, 0.2) is 53.4 Å². The summed E-state index contributed by atoms with van der Waals surface area (Å²) >= 11 is 0. The maximum Gasteiger partial charge on any atom is 0.416 e. The van der Waals surface area contributed by atoms with E-state index in [1.165, 1.54) is 48.3 Å². The van der Waals surface area contributed by atoms with Crippen LogP contribution in [0.1, 0.15) is 28.4 Å². The molecule has 1 amide bonds. The van der Waals surface area contributed by atoms with Crippen LogP contribution in [0.25, 0.3) is 0 Å².